The van der Waals surface area contributed by atoms with Gasteiger partial charge in [-0.1, -0.05) is 41.7 Å². The molecule has 2 aliphatic carbocycles. The Morgan fingerprint density at radius 1 is 1.22 bits per heavy atom. The number of azo groups is 1. The van der Waals surface area contributed by atoms with Crippen LogP contribution in [0, 0.1) is 11.8 Å². The normalized spacial score (nSPS) is 24.1. The predicted molar refractivity (Wildman–Crippen MR) is 85.4 cm³/mol. The van der Waals surface area contributed by atoms with E-state index >= 15 is 0 Å². The van der Waals surface area contributed by atoms with Crippen LogP contribution in [0.2, 0.25) is 5.02 Å². The number of hydrogen-bond acceptors (Lipinski definition) is 4. The summed E-state index contributed by atoms with van der Waals surface area (Å²) in [5, 5.41) is 20.2. The van der Waals surface area contributed by atoms with Crippen LogP contribution in [0.1, 0.15) is 25.7 Å². The lowest BCUT2D eigenvalue weighted by molar-refractivity contribution is -0.120. The van der Waals surface area contributed by atoms with Crippen LogP contribution >= 0.6 is 11.6 Å². The molecule has 1 fully saturated rings. The number of anilines is 1. The first kappa shape index (κ1) is 15.7. The predicted octanol–water partition coefficient (Wildman–Crippen LogP) is 4.48. The number of Topliss-reactive ketones (excluding diaryl/α,β-unsaturated/α-hetero) is 1. The number of benzene rings is 1. The second kappa shape index (κ2) is 6.50. The number of urea groups is 1. The number of para-hydroxylation sites is 1. The largest absolute Gasteiger partial charge is 0.510 e. The van der Waals surface area contributed by atoms with Crippen molar-refractivity contribution < 1.29 is 14.7 Å². The van der Waals surface area contributed by atoms with Crippen molar-refractivity contribution in [1.82, 2.24) is 0 Å². The molecule has 1 saturated carbocycles. The van der Waals surface area contributed by atoms with Crippen LogP contribution in [-0.2, 0) is 4.79 Å². The number of nitrogens with one attached hydrogen (secondary N) is 1. The van der Waals surface area contributed by atoms with Gasteiger partial charge in [-0.15, -0.1) is 5.11 Å². The van der Waals surface area contributed by atoms with E-state index in [9.17, 15) is 14.7 Å². The van der Waals surface area contributed by atoms with Crippen molar-refractivity contribution >= 4 is 29.1 Å². The van der Waals surface area contributed by atoms with Crippen molar-refractivity contribution in [3.05, 3.63) is 40.7 Å². The summed E-state index contributed by atoms with van der Waals surface area (Å²) in [5.74, 6) is -0.642. The molecule has 3 rings (SSSR count). The van der Waals surface area contributed by atoms with Gasteiger partial charge >= 0.3 is 6.03 Å². The fraction of sp³-hybridized carbons (Fsp3) is 0.375. The Bertz CT molecular complexity index is 714. The fourth-order valence-electron chi connectivity index (χ4n) is 3.15. The molecule has 0 aromatic heterocycles. The molecule has 0 saturated heterocycles. The molecular weight excluding hydrogens is 318 g/mol. The lowest BCUT2D eigenvalue weighted by Crippen LogP contribution is -2.21. The van der Waals surface area contributed by atoms with Crippen LogP contribution in [0.15, 0.2) is 46.0 Å². The molecule has 2 unspecified atom stereocenters. The summed E-state index contributed by atoms with van der Waals surface area (Å²) < 4.78 is 0. The molecule has 0 aliphatic heterocycles. The van der Waals surface area contributed by atoms with Crippen LogP contribution in [0.5, 0.6) is 0 Å². The lowest BCUT2D eigenvalue weighted by atomic mass is 9.80. The van der Waals surface area contributed by atoms with Gasteiger partial charge in [-0.25, -0.2) is 4.79 Å². The minimum Gasteiger partial charge on any atom is -0.510 e. The van der Waals surface area contributed by atoms with Gasteiger partial charge < -0.3 is 10.4 Å². The number of halogens is 1. The van der Waals surface area contributed by atoms with E-state index in [1.807, 2.05) is 0 Å². The van der Waals surface area contributed by atoms with Crippen molar-refractivity contribution in [3.63, 3.8) is 0 Å². The quantitative estimate of drug-likeness (QED) is 0.781. The zero-order valence-electron chi connectivity index (χ0n) is 12.3. The zero-order chi connectivity index (χ0) is 16.4. The van der Waals surface area contributed by atoms with E-state index in [4.69, 9.17) is 11.6 Å². The van der Waals surface area contributed by atoms with E-state index in [1.165, 1.54) is 0 Å². The molecule has 1 aromatic rings. The summed E-state index contributed by atoms with van der Waals surface area (Å²) in [6.45, 7) is 0. The fourth-order valence-corrected chi connectivity index (χ4v) is 3.33. The van der Waals surface area contributed by atoms with Gasteiger partial charge in [-0.3, -0.25) is 4.79 Å². The van der Waals surface area contributed by atoms with Crippen molar-refractivity contribution in [2.24, 2.45) is 22.1 Å². The topological polar surface area (TPSA) is 91.1 Å². The van der Waals surface area contributed by atoms with Crippen LogP contribution in [0.4, 0.5) is 10.5 Å². The molecule has 0 heterocycles. The zero-order valence-corrected chi connectivity index (χ0v) is 13.1. The maximum Gasteiger partial charge on any atom is 0.364 e. The smallest absolute Gasteiger partial charge is 0.364 e. The van der Waals surface area contributed by atoms with Gasteiger partial charge in [0, 0.05) is 11.8 Å². The third-order valence-electron chi connectivity index (χ3n) is 4.29. The van der Waals surface area contributed by atoms with Crippen molar-refractivity contribution in [2.45, 2.75) is 25.7 Å². The average Bonchev–Trinajstić information content (AvgIpc) is 2.80. The number of fused-ring (bicyclic) bond motifs is 1. The molecule has 7 heteroatoms. The highest BCUT2D eigenvalue weighted by Gasteiger charge is 2.43. The average molecular weight is 334 g/mol. The third-order valence-corrected chi connectivity index (χ3v) is 4.62. The number of amides is 2. The van der Waals surface area contributed by atoms with E-state index in [0.29, 0.717) is 10.7 Å². The first-order valence-corrected chi connectivity index (χ1v) is 7.90. The molecule has 0 bridgehead atoms. The molecule has 6 nitrogen and oxygen atoms in total. The summed E-state index contributed by atoms with van der Waals surface area (Å²) in [5.41, 5.74) is 0.318. The Labute approximate surface area is 138 Å². The van der Waals surface area contributed by atoms with Gasteiger partial charge in [-0.2, -0.15) is 0 Å². The lowest BCUT2D eigenvalue weighted by Gasteiger charge is -2.23. The Morgan fingerprint density at radius 2 is 1.91 bits per heavy atom. The van der Waals surface area contributed by atoms with Crippen molar-refractivity contribution in [3.8, 4) is 0 Å². The number of carbonyl (C=O) groups excluding carboxylic acids is 2. The standard InChI is InChI=1S/C16H16ClN3O3/c17-11-7-3-4-8-12(11)18-16(23)20-19-13-14(21)9-5-1-2-6-10(9)15(13)22/h3-4,7-10,21H,1-2,5-6H2,(H,18,23). The first-order chi connectivity index (χ1) is 11.1. The molecule has 1 aromatic carbocycles. The van der Waals surface area contributed by atoms with Gasteiger partial charge in [0.15, 0.2) is 11.5 Å². The monoisotopic (exact) mass is 333 g/mol. The highest BCUT2D eigenvalue weighted by molar-refractivity contribution is 6.33. The molecule has 23 heavy (non-hydrogen) atoms. The molecule has 2 atom stereocenters. The third kappa shape index (κ3) is 3.12. The van der Waals surface area contributed by atoms with Gasteiger partial charge in [-0.05, 0) is 25.0 Å². The SMILES string of the molecule is O=C(N=NC1=C(O)C2CCCCC2C1=O)Nc1ccccc1Cl. The second-order valence-corrected chi connectivity index (χ2v) is 6.11. The Morgan fingerprint density at radius 3 is 2.61 bits per heavy atom. The summed E-state index contributed by atoms with van der Waals surface area (Å²) in [6.07, 6.45) is 3.47. The van der Waals surface area contributed by atoms with E-state index in [0.717, 1.165) is 25.7 Å². The molecule has 0 spiro atoms. The molecule has 2 amide bonds. The van der Waals surface area contributed by atoms with E-state index in [2.05, 4.69) is 15.5 Å². The maximum absolute atomic E-state index is 12.3. The second-order valence-electron chi connectivity index (χ2n) is 5.71. The summed E-state index contributed by atoms with van der Waals surface area (Å²) in [6, 6.07) is 5.97. The summed E-state index contributed by atoms with van der Waals surface area (Å²) >= 11 is 5.93. The molecule has 2 N–H and O–H groups in total. The number of aliphatic hydroxyl groups excluding tert-OH is 1. The number of aliphatic hydroxyl groups is 1. The minimum absolute atomic E-state index is 0.0333. The summed E-state index contributed by atoms with van der Waals surface area (Å²) in [4.78, 5) is 24.1. The maximum atomic E-state index is 12.3. The molecular formula is C16H16ClN3O3. The minimum atomic E-state index is -0.749. The highest BCUT2D eigenvalue weighted by Crippen LogP contribution is 2.42. The van der Waals surface area contributed by atoms with E-state index in [1.54, 1.807) is 24.3 Å². The number of carbonyl (C=O) groups is 2. The highest BCUT2D eigenvalue weighted by atomic mass is 35.5. The van der Waals surface area contributed by atoms with Gasteiger partial charge in [0.25, 0.3) is 0 Å². The van der Waals surface area contributed by atoms with Crippen LogP contribution in [-0.4, -0.2) is 16.9 Å². The number of ketones is 1. The van der Waals surface area contributed by atoms with Crippen molar-refractivity contribution in [1.29, 1.82) is 0 Å². The summed E-state index contributed by atoms with van der Waals surface area (Å²) in [7, 11) is 0. The van der Waals surface area contributed by atoms with Gasteiger partial charge in [0.2, 0.25) is 0 Å². The number of allylic oxidation sites excluding steroid dienone is 2. The van der Waals surface area contributed by atoms with Crippen LogP contribution in [0.3, 0.4) is 0 Å². The van der Waals surface area contributed by atoms with E-state index < -0.39 is 6.03 Å². The molecule has 2 aliphatic rings. The Hall–Kier alpha value is -2.21. The number of rotatable bonds is 2. The van der Waals surface area contributed by atoms with Gasteiger partial charge in [0.1, 0.15) is 5.76 Å². The van der Waals surface area contributed by atoms with E-state index in [-0.39, 0.29) is 29.1 Å². The van der Waals surface area contributed by atoms with Gasteiger partial charge in [0.05, 0.1) is 10.7 Å². The Balaban J connectivity index is 1.72. The molecule has 0 radical (unpaired) electrons. The van der Waals surface area contributed by atoms with Crippen molar-refractivity contribution in [2.75, 3.05) is 5.32 Å². The first-order valence-electron chi connectivity index (χ1n) is 7.52. The molecule has 120 valence electrons. The van der Waals surface area contributed by atoms with Crippen LogP contribution in [0.25, 0.3) is 0 Å². The van der Waals surface area contributed by atoms with Crippen LogP contribution < -0.4 is 5.32 Å². The number of nitrogens with zero attached hydrogens (tertiary/aromatic N) is 2. The Kier molecular flexibility index (Phi) is 4.43. The number of hydrogen-bond donors (Lipinski definition) is 2.